The SMILES string of the molecule is CCCNc1ncnc(OCC(F)F)c1CC. The smallest absolute Gasteiger partial charge is 0.272 e. The molecule has 1 rings (SSSR count). The molecule has 0 radical (unpaired) electrons. The van der Waals surface area contributed by atoms with E-state index in [0.717, 1.165) is 18.5 Å². The second kappa shape index (κ2) is 6.98. The summed E-state index contributed by atoms with van der Waals surface area (Å²) >= 11 is 0. The Morgan fingerprint density at radius 1 is 1.35 bits per heavy atom. The maximum Gasteiger partial charge on any atom is 0.272 e. The lowest BCUT2D eigenvalue weighted by molar-refractivity contribution is 0.0790. The topological polar surface area (TPSA) is 47.0 Å². The second-order valence-corrected chi connectivity index (χ2v) is 3.49. The molecule has 0 unspecified atom stereocenters. The molecule has 17 heavy (non-hydrogen) atoms. The Labute approximate surface area is 99.4 Å². The van der Waals surface area contributed by atoms with E-state index in [0.29, 0.717) is 12.2 Å². The minimum Gasteiger partial charge on any atom is -0.471 e. The Morgan fingerprint density at radius 2 is 2.12 bits per heavy atom. The minimum absolute atomic E-state index is 0.237. The van der Waals surface area contributed by atoms with Gasteiger partial charge in [0.25, 0.3) is 6.43 Å². The van der Waals surface area contributed by atoms with Crippen molar-refractivity contribution in [1.82, 2.24) is 9.97 Å². The molecule has 1 aromatic heterocycles. The quantitative estimate of drug-likeness (QED) is 0.801. The Kier molecular flexibility index (Phi) is 5.59. The van der Waals surface area contributed by atoms with Gasteiger partial charge in [-0.2, -0.15) is 0 Å². The third kappa shape index (κ3) is 4.13. The maximum absolute atomic E-state index is 12.1. The molecule has 0 saturated carbocycles. The van der Waals surface area contributed by atoms with Crippen molar-refractivity contribution in [2.45, 2.75) is 33.1 Å². The van der Waals surface area contributed by atoms with Crippen LogP contribution in [0.2, 0.25) is 0 Å². The first-order chi connectivity index (χ1) is 8.19. The maximum atomic E-state index is 12.1. The van der Waals surface area contributed by atoms with E-state index < -0.39 is 13.0 Å². The van der Waals surface area contributed by atoms with Crippen LogP contribution in [-0.4, -0.2) is 29.5 Å². The summed E-state index contributed by atoms with van der Waals surface area (Å²) < 4.78 is 29.1. The summed E-state index contributed by atoms with van der Waals surface area (Å²) in [6, 6.07) is 0. The van der Waals surface area contributed by atoms with Gasteiger partial charge in [-0.1, -0.05) is 13.8 Å². The van der Waals surface area contributed by atoms with Gasteiger partial charge in [-0.3, -0.25) is 0 Å². The van der Waals surface area contributed by atoms with Crippen LogP contribution in [0.5, 0.6) is 5.88 Å². The van der Waals surface area contributed by atoms with Gasteiger partial charge in [0.15, 0.2) is 6.61 Å². The van der Waals surface area contributed by atoms with Gasteiger partial charge < -0.3 is 10.1 Å². The zero-order valence-electron chi connectivity index (χ0n) is 10.0. The van der Waals surface area contributed by atoms with Crippen molar-refractivity contribution in [3.05, 3.63) is 11.9 Å². The van der Waals surface area contributed by atoms with Crippen molar-refractivity contribution in [3.8, 4) is 5.88 Å². The molecule has 1 N–H and O–H groups in total. The molecular weight excluding hydrogens is 228 g/mol. The lowest BCUT2D eigenvalue weighted by Crippen LogP contribution is -2.12. The lowest BCUT2D eigenvalue weighted by atomic mass is 10.2. The number of hydrogen-bond donors (Lipinski definition) is 1. The van der Waals surface area contributed by atoms with E-state index in [1.54, 1.807) is 0 Å². The zero-order valence-corrected chi connectivity index (χ0v) is 10.0. The highest BCUT2D eigenvalue weighted by molar-refractivity contribution is 5.48. The average Bonchev–Trinajstić information content (AvgIpc) is 2.33. The predicted molar refractivity (Wildman–Crippen MR) is 61.7 cm³/mol. The van der Waals surface area contributed by atoms with Crippen LogP contribution < -0.4 is 10.1 Å². The average molecular weight is 245 g/mol. The van der Waals surface area contributed by atoms with E-state index in [-0.39, 0.29) is 5.88 Å². The number of halogens is 2. The Balaban J connectivity index is 2.81. The molecule has 1 heterocycles. The molecule has 0 aliphatic heterocycles. The molecule has 0 amide bonds. The molecule has 96 valence electrons. The first-order valence-corrected chi connectivity index (χ1v) is 5.67. The fraction of sp³-hybridized carbons (Fsp3) is 0.636. The van der Waals surface area contributed by atoms with Gasteiger partial charge in [0.05, 0.1) is 5.56 Å². The van der Waals surface area contributed by atoms with Crippen LogP contribution in [0.1, 0.15) is 25.8 Å². The van der Waals surface area contributed by atoms with Crippen LogP contribution in [-0.2, 0) is 6.42 Å². The number of anilines is 1. The van der Waals surface area contributed by atoms with Crippen molar-refractivity contribution < 1.29 is 13.5 Å². The molecule has 4 nitrogen and oxygen atoms in total. The van der Waals surface area contributed by atoms with Crippen molar-refractivity contribution in [1.29, 1.82) is 0 Å². The predicted octanol–water partition coefficient (Wildman–Crippen LogP) is 2.50. The van der Waals surface area contributed by atoms with Crippen LogP contribution in [0, 0.1) is 0 Å². The first kappa shape index (κ1) is 13.6. The molecule has 0 aliphatic carbocycles. The van der Waals surface area contributed by atoms with Crippen molar-refractivity contribution in [2.24, 2.45) is 0 Å². The van der Waals surface area contributed by atoms with E-state index in [1.165, 1.54) is 6.33 Å². The summed E-state index contributed by atoms with van der Waals surface area (Å²) in [7, 11) is 0. The minimum atomic E-state index is -2.50. The van der Waals surface area contributed by atoms with Gasteiger partial charge in [-0.15, -0.1) is 0 Å². The van der Waals surface area contributed by atoms with Crippen molar-refractivity contribution >= 4 is 5.82 Å². The molecule has 0 saturated heterocycles. The monoisotopic (exact) mass is 245 g/mol. The highest BCUT2D eigenvalue weighted by Crippen LogP contribution is 2.22. The van der Waals surface area contributed by atoms with Crippen molar-refractivity contribution in [3.63, 3.8) is 0 Å². The standard InChI is InChI=1S/C11H17F2N3O/c1-3-5-14-10-8(4-2)11(16-7-15-10)17-6-9(12)13/h7,9H,3-6H2,1-2H3,(H,14,15,16). The van der Waals surface area contributed by atoms with Crippen molar-refractivity contribution in [2.75, 3.05) is 18.5 Å². The van der Waals surface area contributed by atoms with Gasteiger partial charge in [0.2, 0.25) is 5.88 Å². The number of rotatable bonds is 7. The second-order valence-electron chi connectivity index (χ2n) is 3.49. The molecule has 0 fully saturated rings. The molecular formula is C11H17F2N3O. The number of aromatic nitrogens is 2. The van der Waals surface area contributed by atoms with Gasteiger partial charge >= 0.3 is 0 Å². The number of alkyl halides is 2. The van der Waals surface area contributed by atoms with Crippen LogP contribution in [0.25, 0.3) is 0 Å². The molecule has 0 bridgehead atoms. The molecule has 0 atom stereocenters. The first-order valence-electron chi connectivity index (χ1n) is 5.67. The zero-order chi connectivity index (χ0) is 12.7. The summed E-state index contributed by atoms with van der Waals surface area (Å²) in [5.74, 6) is 0.898. The Morgan fingerprint density at radius 3 is 2.71 bits per heavy atom. The number of ether oxygens (including phenoxy) is 1. The third-order valence-corrected chi connectivity index (χ3v) is 2.15. The van der Waals surface area contributed by atoms with Gasteiger partial charge in [-0.05, 0) is 12.8 Å². The number of nitrogens with zero attached hydrogens (tertiary/aromatic N) is 2. The van der Waals surface area contributed by atoms with Gasteiger partial charge in [0, 0.05) is 6.54 Å². The fourth-order valence-corrected chi connectivity index (χ4v) is 1.38. The highest BCUT2D eigenvalue weighted by Gasteiger charge is 2.12. The van der Waals surface area contributed by atoms with E-state index >= 15 is 0 Å². The van der Waals surface area contributed by atoms with E-state index in [1.807, 2.05) is 13.8 Å². The van der Waals surface area contributed by atoms with Crippen LogP contribution in [0.3, 0.4) is 0 Å². The summed E-state index contributed by atoms with van der Waals surface area (Å²) in [5, 5.41) is 3.12. The van der Waals surface area contributed by atoms with Gasteiger partial charge in [0.1, 0.15) is 12.1 Å². The largest absolute Gasteiger partial charge is 0.471 e. The summed E-state index contributed by atoms with van der Waals surface area (Å²) in [6.45, 7) is 4.08. The summed E-state index contributed by atoms with van der Waals surface area (Å²) in [4.78, 5) is 7.97. The Hall–Kier alpha value is -1.46. The van der Waals surface area contributed by atoms with Crippen LogP contribution in [0.4, 0.5) is 14.6 Å². The van der Waals surface area contributed by atoms with Crippen LogP contribution in [0.15, 0.2) is 6.33 Å². The third-order valence-electron chi connectivity index (χ3n) is 2.15. The normalized spacial score (nSPS) is 10.6. The fourth-order valence-electron chi connectivity index (χ4n) is 1.38. The van der Waals surface area contributed by atoms with E-state index in [9.17, 15) is 8.78 Å². The summed E-state index contributed by atoms with van der Waals surface area (Å²) in [5.41, 5.74) is 0.738. The molecule has 6 heteroatoms. The van der Waals surface area contributed by atoms with E-state index in [4.69, 9.17) is 4.74 Å². The van der Waals surface area contributed by atoms with Crippen LogP contribution >= 0.6 is 0 Å². The lowest BCUT2D eigenvalue weighted by Gasteiger charge is -2.13. The van der Waals surface area contributed by atoms with E-state index in [2.05, 4.69) is 15.3 Å². The molecule has 0 aromatic carbocycles. The number of nitrogens with one attached hydrogen (secondary N) is 1. The highest BCUT2D eigenvalue weighted by atomic mass is 19.3. The molecule has 0 aliphatic rings. The summed E-state index contributed by atoms with van der Waals surface area (Å²) in [6.07, 6.45) is 0.408. The number of hydrogen-bond acceptors (Lipinski definition) is 4. The van der Waals surface area contributed by atoms with Gasteiger partial charge in [-0.25, -0.2) is 18.7 Å². The Bertz CT molecular complexity index is 347. The molecule has 0 spiro atoms. The molecule has 1 aromatic rings.